The molecule has 1 heterocycles. The number of hydrogen-bond acceptors (Lipinski definition) is 5. The van der Waals surface area contributed by atoms with Crippen molar-refractivity contribution in [2.24, 2.45) is 0 Å². The first-order chi connectivity index (χ1) is 15.9. The Morgan fingerprint density at radius 2 is 1.79 bits per heavy atom. The minimum atomic E-state index is -0.612. The molecule has 3 rings (SSSR count). The van der Waals surface area contributed by atoms with Gasteiger partial charge in [0.2, 0.25) is 5.88 Å². The van der Waals surface area contributed by atoms with Crippen molar-refractivity contribution in [1.29, 1.82) is 0 Å². The minimum absolute atomic E-state index is 0.141. The van der Waals surface area contributed by atoms with E-state index in [4.69, 9.17) is 14.6 Å². The number of halogens is 1. The van der Waals surface area contributed by atoms with Gasteiger partial charge in [-0.15, -0.1) is 0 Å². The molecule has 0 bridgehead atoms. The largest absolute Gasteiger partial charge is 0.435 e. The van der Waals surface area contributed by atoms with E-state index in [0.717, 1.165) is 23.4 Å². The molecule has 0 aliphatic rings. The summed E-state index contributed by atoms with van der Waals surface area (Å²) >= 11 is 0. The van der Waals surface area contributed by atoms with E-state index in [1.165, 1.54) is 6.07 Å². The van der Waals surface area contributed by atoms with Crippen molar-refractivity contribution in [2.45, 2.75) is 52.8 Å². The second-order valence-electron chi connectivity index (χ2n) is 8.15. The lowest BCUT2D eigenvalue weighted by Gasteiger charge is -2.30. The fourth-order valence-corrected chi connectivity index (χ4v) is 3.64. The summed E-state index contributed by atoms with van der Waals surface area (Å²) in [5.74, 6) is 0.173. The summed E-state index contributed by atoms with van der Waals surface area (Å²) in [5, 5.41) is 15.2. The summed E-state index contributed by atoms with van der Waals surface area (Å²) < 4.78 is 27.7. The summed E-state index contributed by atoms with van der Waals surface area (Å²) in [6.45, 7) is 9.87. The summed E-state index contributed by atoms with van der Waals surface area (Å²) in [5.41, 5.74) is 2.47. The maximum absolute atomic E-state index is 14.5. The third kappa shape index (κ3) is 6.41. The molecular weight excluding hydrogens is 421 g/mol. The number of para-hydroxylation sites is 2. The molecule has 7 heteroatoms. The molecule has 0 unspecified atom stereocenters. The molecule has 0 amide bonds. The van der Waals surface area contributed by atoms with Gasteiger partial charge >= 0.3 is 0 Å². The van der Waals surface area contributed by atoms with Crippen LogP contribution in [0.25, 0.3) is 5.69 Å². The second kappa shape index (κ2) is 11.9. The number of benzene rings is 2. The van der Waals surface area contributed by atoms with E-state index in [1.807, 2.05) is 44.2 Å². The Morgan fingerprint density at radius 3 is 2.45 bits per heavy atom. The summed E-state index contributed by atoms with van der Waals surface area (Å²) in [4.78, 5) is 2.19. The Labute approximate surface area is 195 Å². The fourth-order valence-electron chi connectivity index (χ4n) is 3.64. The van der Waals surface area contributed by atoms with E-state index in [1.54, 1.807) is 22.9 Å². The molecule has 0 radical (unpaired) electrons. The zero-order valence-corrected chi connectivity index (χ0v) is 19.9. The van der Waals surface area contributed by atoms with Gasteiger partial charge in [-0.2, -0.15) is 5.10 Å². The molecule has 2 aromatic carbocycles. The van der Waals surface area contributed by atoms with Crippen LogP contribution in [0.5, 0.6) is 11.6 Å². The van der Waals surface area contributed by atoms with Crippen molar-refractivity contribution in [3.05, 3.63) is 71.7 Å². The van der Waals surface area contributed by atoms with Crippen LogP contribution in [-0.4, -0.2) is 51.7 Å². The zero-order valence-electron chi connectivity index (χ0n) is 19.9. The van der Waals surface area contributed by atoms with Crippen LogP contribution < -0.4 is 4.74 Å². The van der Waals surface area contributed by atoms with Gasteiger partial charge in [0.1, 0.15) is 0 Å². The molecule has 3 aromatic rings. The number of nitrogens with zero attached hydrogens (tertiary/aromatic N) is 3. The zero-order chi connectivity index (χ0) is 23.8. The minimum Gasteiger partial charge on any atom is -0.435 e. The maximum atomic E-state index is 14.5. The van der Waals surface area contributed by atoms with Gasteiger partial charge in [0.15, 0.2) is 11.6 Å². The highest BCUT2D eigenvalue weighted by molar-refractivity contribution is 5.43. The first-order valence-electron chi connectivity index (χ1n) is 11.5. The molecular formula is C26H34FN3O3. The number of rotatable bonds is 12. The second-order valence-corrected chi connectivity index (χ2v) is 8.15. The molecule has 0 aliphatic carbocycles. The van der Waals surface area contributed by atoms with Gasteiger partial charge in [-0.25, -0.2) is 9.07 Å². The van der Waals surface area contributed by atoms with Crippen LogP contribution in [-0.2, 0) is 11.3 Å². The fraction of sp³-hybridized carbons (Fsp3) is 0.423. The van der Waals surface area contributed by atoms with E-state index in [0.29, 0.717) is 25.6 Å². The topological polar surface area (TPSA) is 59.8 Å². The van der Waals surface area contributed by atoms with Gasteiger partial charge < -0.3 is 14.6 Å². The highest BCUT2D eigenvalue weighted by Gasteiger charge is 2.25. The Hall–Kier alpha value is -2.74. The molecule has 0 fully saturated rings. The lowest BCUT2D eigenvalue weighted by atomic mass is 10.1. The molecule has 0 aliphatic heterocycles. The van der Waals surface area contributed by atoms with Gasteiger partial charge in [-0.3, -0.25) is 4.90 Å². The first kappa shape index (κ1) is 24.9. The van der Waals surface area contributed by atoms with E-state index in [9.17, 15) is 9.50 Å². The summed E-state index contributed by atoms with van der Waals surface area (Å²) in [6, 6.07) is 16.2. The van der Waals surface area contributed by atoms with Crippen LogP contribution in [0.2, 0.25) is 0 Å². The smallest absolute Gasteiger partial charge is 0.227 e. The van der Waals surface area contributed by atoms with Crippen LogP contribution in [0.4, 0.5) is 4.39 Å². The molecule has 6 nitrogen and oxygen atoms in total. The van der Waals surface area contributed by atoms with Crippen molar-refractivity contribution in [2.75, 3.05) is 19.8 Å². The average molecular weight is 456 g/mol. The highest BCUT2D eigenvalue weighted by Crippen LogP contribution is 2.33. The van der Waals surface area contributed by atoms with Crippen LogP contribution in [0.3, 0.4) is 0 Å². The van der Waals surface area contributed by atoms with Crippen LogP contribution in [0.1, 0.15) is 38.4 Å². The summed E-state index contributed by atoms with van der Waals surface area (Å²) in [7, 11) is 0. The number of aliphatic hydroxyl groups is 1. The lowest BCUT2D eigenvalue weighted by Crippen LogP contribution is -2.40. The van der Waals surface area contributed by atoms with Crippen LogP contribution >= 0.6 is 0 Å². The number of aliphatic hydroxyl groups excluding tert-OH is 1. The summed E-state index contributed by atoms with van der Waals surface area (Å²) in [6.07, 6.45) is 0.302. The average Bonchev–Trinajstić information content (AvgIpc) is 3.13. The third-order valence-electron chi connectivity index (χ3n) is 5.72. The number of hydrogen-bond donors (Lipinski definition) is 1. The third-order valence-corrected chi connectivity index (χ3v) is 5.72. The molecule has 33 heavy (non-hydrogen) atoms. The quantitative estimate of drug-likeness (QED) is 0.411. The molecule has 1 N–H and O–H groups in total. The molecule has 1 aromatic heterocycles. The van der Waals surface area contributed by atoms with Crippen LogP contribution in [0, 0.1) is 12.7 Å². The number of aromatic nitrogens is 2. The van der Waals surface area contributed by atoms with Crippen molar-refractivity contribution < 1.29 is 19.0 Å². The Bertz CT molecular complexity index is 1010. The van der Waals surface area contributed by atoms with Gasteiger partial charge in [-0.05, 0) is 51.5 Å². The predicted octanol–water partition coefficient (Wildman–Crippen LogP) is 5.11. The van der Waals surface area contributed by atoms with Crippen molar-refractivity contribution in [3.63, 3.8) is 0 Å². The van der Waals surface area contributed by atoms with E-state index < -0.39 is 11.9 Å². The first-order valence-corrected chi connectivity index (χ1v) is 11.5. The normalized spacial score (nSPS) is 13.3. The van der Waals surface area contributed by atoms with Crippen molar-refractivity contribution in [3.8, 4) is 17.3 Å². The Balaban J connectivity index is 2.00. The Morgan fingerprint density at radius 1 is 1.09 bits per heavy atom. The Kier molecular flexibility index (Phi) is 9.00. The van der Waals surface area contributed by atoms with Crippen LogP contribution in [0.15, 0.2) is 54.6 Å². The van der Waals surface area contributed by atoms with E-state index in [2.05, 4.69) is 18.7 Å². The molecule has 0 saturated carbocycles. The lowest BCUT2D eigenvalue weighted by molar-refractivity contribution is 0.0111. The molecule has 178 valence electrons. The van der Waals surface area contributed by atoms with Crippen molar-refractivity contribution >= 4 is 0 Å². The molecule has 2 atom stereocenters. The van der Waals surface area contributed by atoms with E-state index in [-0.39, 0.29) is 18.4 Å². The SMILES string of the molecule is CCOC[C@@H](O)CN(Cc1c(C)nn(-c2ccccc2)c1Oc1ccccc1F)[C@@H](C)CC. The van der Waals surface area contributed by atoms with Gasteiger partial charge in [0.05, 0.1) is 29.7 Å². The van der Waals surface area contributed by atoms with Gasteiger partial charge in [0, 0.05) is 25.7 Å². The number of aryl methyl sites for hydroxylation is 1. The van der Waals surface area contributed by atoms with Crippen molar-refractivity contribution in [1.82, 2.24) is 14.7 Å². The standard InChI is InChI=1S/C26H34FN3O3/c1-5-19(3)29(16-22(31)18-32-6-2)17-23-20(4)28-30(21-12-8-7-9-13-21)26(23)33-25-15-11-10-14-24(25)27/h7-15,19,22,31H,5-6,16-18H2,1-4H3/t19-,22-/m0/s1. The van der Waals surface area contributed by atoms with Gasteiger partial charge in [-0.1, -0.05) is 37.3 Å². The van der Waals surface area contributed by atoms with E-state index >= 15 is 0 Å². The molecule has 0 saturated heterocycles. The van der Waals surface area contributed by atoms with Gasteiger partial charge in [0.25, 0.3) is 0 Å². The monoisotopic (exact) mass is 455 g/mol. The number of ether oxygens (including phenoxy) is 2. The molecule has 0 spiro atoms. The highest BCUT2D eigenvalue weighted by atomic mass is 19.1. The maximum Gasteiger partial charge on any atom is 0.227 e. The predicted molar refractivity (Wildman–Crippen MR) is 127 cm³/mol.